The molecule has 2 heterocycles. The van der Waals surface area contributed by atoms with Crippen LogP contribution in [0.25, 0.3) is 0 Å². The molecule has 0 saturated heterocycles. The summed E-state index contributed by atoms with van der Waals surface area (Å²) in [7, 11) is 0. The van der Waals surface area contributed by atoms with Crippen LogP contribution in [0, 0.1) is 0 Å². The largest absolute Gasteiger partial charge is 0.486 e. The van der Waals surface area contributed by atoms with E-state index in [1.54, 1.807) is 18.2 Å². The summed E-state index contributed by atoms with van der Waals surface area (Å²) in [6.45, 7) is -0.703. The van der Waals surface area contributed by atoms with Gasteiger partial charge in [0.1, 0.15) is 18.8 Å². The van der Waals surface area contributed by atoms with Crippen molar-refractivity contribution in [2.75, 3.05) is 25.1 Å². The zero-order valence-corrected chi connectivity index (χ0v) is 12.8. The quantitative estimate of drug-likeness (QED) is 0.914. The van der Waals surface area contributed by atoms with Crippen molar-refractivity contribution < 1.29 is 32.2 Å². The van der Waals surface area contributed by atoms with Gasteiger partial charge in [-0.15, -0.1) is 0 Å². The lowest BCUT2D eigenvalue weighted by Crippen LogP contribution is -2.22. The number of pyridine rings is 1. The van der Waals surface area contributed by atoms with E-state index >= 15 is 0 Å². The average molecular weight is 354 g/mol. The first-order valence-corrected chi connectivity index (χ1v) is 7.28. The summed E-state index contributed by atoms with van der Waals surface area (Å²) in [4.78, 5) is 16.0. The summed E-state index contributed by atoms with van der Waals surface area (Å²) in [6, 6.07) is 7.55. The van der Waals surface area contributed by atoms with Gasteiger partial charge in [0, 0.05) is 18.0 Å². The average Bonchev–Trinajstić information content (AvgIpc) is 2.59. The molecule has 0 bridgehead atoms. The molecule has 0 saturated carbocycles. The lowest BCUT2D eigenvalue weighted by atomic mass is 10.2. The standard InChI is InChI=1S/C16H13F3N2O4/c17-16(18,19)9-25-15-11(2-1-5-20-15)14(22)21-10-3-4-12-13(8-10)24-7-6-23-12/h1-5,8H,6-7,9H2,(H,21,22). The highest BCUT2D eigenvalue weighted by Gasteiger charge is 2.29. The Kier molecular flexibility index (Phi) is 4.64. The minimum absolute atomic E-state index is 0.110. The number of carbonyl (C=O) groups excluding carboxylic acids is 1. The Labute approximate surface area is 140 Å². The number of hydrogen-bond acceptors (Lipinski definition) is 5. The Hall–Kier alpha value is -2.97. The molecule has 0 unspecified atom stereocenters. The Morgan fingerprint density at radius 3 is 2.72 bits per heavy atom. The third kappa shape index (κ3) is 4.31. The summed E-state index contributed by atoms with van der Waals surface area (Å²) in [5, 5.41) is 2.57. The molecule has 1 N–H and O–H groups in total. The number of carbonyl (C=O) groups is 1. The fourth-order valence-corrected chi connectivity index (χ4v) is 2.15. The van der Waals surface area contributed by atoms with Gasteiger partial charge in [-0.25, -0.2) is 4.98 Å². The van der Waals surface area contributed by atoms with E-state index < -0.39 is 24.6 Å². The van der Waals surface area contributed by atoms with Gasteiger partial charge in [0.25, 0.3) is 5.91 Å². The van der Waals surface area contributed by atoms with E-state index in [4.69, 9.17) is 9.47 Å². The molecule has 0 radical (unpaired) electrons. The van der Waals surface area contributed by atoms with Crippen LogP contribution in [0.3, 0.4) is 0 Å². The summed E-state index contributed by atoms with van der Waals surface area (Å²) < 4.78 is 52.3. The van der Waals surface area contributed by atoms with E-state index in [9.17, 15) is 18.0 Å². The molecule has 1 aromatic heterocycles. The Bertz CT molecular complexity index is 780. The minimum atomic E-state index is -4.53. The van der Waals surface area contributed by atoms with Crippen molar-refractivity contribution in [1.82, 2.24) is 4.98 Å². The van der Waals surface area contributed by atoms with Crippen molar-refractivity contribution in [1.29, 1.82) is 0 Å². The number of hydrogen-bond donors (Lipinski definition) is 1. The molecule has 0 atom stereocenters. The zero-order valence-electron chi connectivity index (χ0n) is 12.8. The first-order chi connectivity index (χ1) is 11.9. The lowest BCUT2D eigenvalue weighted by molar-refractivity contribution is -0.154. The Morgan fingerprint density at radius 2 is 1.96 bits per heavy atom. The van der Waals surface area contributed by atoms with Crippen molar-refractivity contribution in [2.45, 2.75) is 6.18 Å². The van der Waals surface area contributed by atoms with Gasteiger partial charge in [-0.2, -0.15) is 13.2 Å². The maximum Gasteiger partial charge on any atom is 0.422 e. The highest BCUT2D eigenvalue weighted by atomic mass is 19.4. The van der Waals surface area contributed by atoms with Crippen molar-refractivity contribution in [3.8, 4) is 17.4 Å². The molecule has 0 fully saturated rings. The highest BCUT2D eigenvalue weighted by Crippen LogP contribution is 2.33. The van der Waals surface area contributed by atoms with Gasteiger partial charge in [0.2, 0.25) is 5.88 Å². The third-order valence-corrected chi connectivity index (χ3v) is 3.19. The summed E-state index contributed by atoms with van der Waals surface area (Å²) in [5.41, 5.74) is 0.293. The van der Waals surface area contributed by atoms with Crippen LogP contribution in [0.1, 0.15) is 10.4 Å². The first kappa shape index (κ1) is 16.9. The van der Waals surface area contributed by atoms with Crippen LogP contribution in [0.5, 0.6) is 17.4 Å². The second-order valence-electron chi connectivity index (χ2n) is 5.07. The smallest absolute Gasteiger partial charge is 0.422 e. The van der Waals surface area contributed by atoms with E-state index in [1.807, 2.05) is 0 Å². The van der Waals surface area contributed by atoms with Crippen LogP contribution in [-0.4, -0.2) is 36.9 Å². The lowest BCUT2D eigenvalue weighted by Gasteiger charge is -2.19. The number of aromatic nitrogens is 1. The molecule has 2 aromatic rings. The maximum absolute atomic E-state index is 12.3. The molecule has 1 amide bonds. The van der Waals surface area contributed by atoms with Crippen molar-refractivity contribution in [2.24, 2.45) is 0 Å². The van der Waals surface area contributed by atoms with Gasteiger partial charge in [-0.1, -0.05) is 0 Å². The molecule has 1 aromatic carbocycles. The number of rotatable bonds is 4. The molecule has 1 aliphatic rings. The van der Waals surface area contributed by atoms with Gasteiger partial charge in [-0.05, 0) is 24.3 Å². The van der Waals surface area contributed by atoms with E-state index in [0.29, 0.717) is 30.4 Å². The molecule has 3 rings (SSSR count). The third-order valence-electron chi connectivity index (χ3n) is 3.19. The molecule has 9 heteroatoms. The molecular formula is C16H13F3N2O4. The van der Waals surface area contributed by atoms with E-state index in [-0.39, 0.29) is 5.56 Å². The number of amides is 1. The van der Waals surface area contributed by atoms with Gasteiger partial charge in [0.05, 0.1) is 0 Å². The van der Waals surface area contributed by atoms with Crippen LogP contribution >= 0.6 is 0 Å². The molecule has 25 heavy (non-hydrogen) atoms. The number of fused-ring (bicyclic) bond motifs is 1. The topological polar surface area (TPSA) is 69.7 Å². The fraction of sp³-hybridized carbons (Fsp3) is 0.250. The van der Waals surface area contributed by atoms with Crippen LogP contribution in [-0.2, 0) is 0 Å². The number of halogens is 3. The summed E-state index contributed by atoms with van der Waals surface area (Å²) in [5.74, 6) is -0.0135. The SMILES string of the molecule is O=C(Nc1ccc2c(c1)OCCO2)c1cccnc1OCC(F)(F)F. The van der Waals surface area contributed by atoms with Crippen LogP contribution in [0.4, 0.5) is 18.9 Å². The number of anilines is 1. The Balaban J connectivity index is 1.75. The fourth-order valence-electron chi connectivity index (χ4n) is 2.15. The maximum atomic E-state index is 12.3. The van der Waals surface area contributed by atoms with E-state index in [2.05, 4.69) is 15.0 Å². The van der Waals surface area contributed by atoms with Gasteiger partial charge >= 0.3 is 6.18 Å². The number of benzene rings is 1. The van der Waals surface area contributed by atoms with Gasteiger partial charge in [-0.3, -0.25) is 4.79 Å². The molecule has 0 spiro atoms. The van der Waals surface area contributed by atoms with Crippen LogP contribution in [0.2, 0.25) is 0 Å². The number of alkyl halides is 3. The van der Waals surface area contributed by atoms with Crippen LogP contribution in [0.15, 0.2) is 36.5 Å². The highest BCUT2D eigenvalue weighted by molar-refractivity contribution is 6.05. The molecule has 132 valence electrons. The predicted molar refractivity (Wildman–Crippen MR) is 81.2 cm³/mol. The molecule has 6 nitrogen and oxygen atoms in total. The zero-order chi connectivity index (χ0) is 17.9. The van der Waals surface area contributed by atoms with E-state index in [0.717, 1.165) is 0 Å². The van der Waals surface area contributed by atoms with Crippen molar-refractivity contribution >= 4 is 11.6 Å². The van der Waals surface area contributed by atoms with E-state index in [1.165, 1.54) is 18.3 Å². The number of ether oxygens (including phenoxy) is 3. The van der Waals surface area contributed by atoms with Gasteiger partial charge < -0.3 is 19.5 Å². The van der Waals surface area contributed by atoms with Gasteiger partial charge in [0.15, 0.2) is 18.1 Å². The monoisotopic (exact) mass is 354 g/mol. The molecule has 0 aliphatic carbocycles. The number of nitrogens with one attached hydrogen (secondary N) is 1. The van der Waals surface area contributed by atoms with Crippen molar-refractivity contribution in [3.05, 3.63) is 42.1 Å². The molecular weight excluding hydrogens is 341 g/mol. The molecule has 1 aliphatic heterocycles. The predicted octanol–water partition coefficient (Wildman–Crippen LogP) is 3.05. The Morgan fingerprint density at radius 1 is 1.20 bits per heavy atom. The summed E-state index contributed by atoms with van der Waals surface area (Å²) >= 11 is 0. The minimum Gasteiger partial charge on any atom is -0.486 e. The summed E-state index contributed by atoms with van der Waals surface area (Å²) in [6.07, 6.45) is -3.28. The van der Waals surface area contributed by atoms with Crippen molar-refractivity contribution in [3.63, 3.8) is 0 Å². The first-order valence-electron chi connectivity index (χ1n) is 7.28. The second-order valence-corrected chi connectivity index (χ2v) is 5.07. The van der Waals surface area contributed by atoms with Crippen LogP contribution < -0.4 is 19.5 Å². The normalized spacial score (nSPS) is 13.2. The second kappa shape index (κ2) is 6.88. The number of nitrogens with zero attached hydrogens (tertiary/aromatic N) is 1.